The van der Waals surface area contributed by atoms with Gasteiger partial charge in [-0.05, 0) is 24.3 Å². The van der Waals surface area contributed by atoms with Crippen molar-refractivity contribution in [2.75, 3.05) is 18.5 Å². The fraction of sp³-hybridized carbons (Fsp3) is 0.250. The highest BCUT2D eigenvalue weighted by Gasteiger charge is 2.18. The second-order valence-electron chi connectivity index (χ2n) is 5.10. The van der Waals surface area contributed by atoms with Crippen LogP contribution in [0.4, 0.5) is 5.69 Å². The van der Waals surface area contributed by atoms with E-state index in [1.165, 1.54) is 24.4 Å². The molecule has 3 rings (SSSR count). The molecule has 1 aliphatic rings. The van der Waals surface area contributed by atoms with Crippen molar-refractivity contribution in [1.82, 2.24) is 4.98 Å². The third-order valence-corrected chi connectivity index (χ3v) is 3.61. The van der Waals surface area contributed by atoms with E-state index in [4.69, 9.17) is 21.1 Å². The summed E-state index contributed by atoms with van der Waals surface area (Å²) in [5.74, 6) is -0.0858. The minimum atomic E-state index is -0.391. The van der Waals surface area contributed by atoms with Crippen molar-refractivity contribution < 1.29 is 19.4 Å². The van der Waals surface area contributed by atoms with Gasteiger partial charge in [-0.3, -0.25) is 4.79 Å². The first kappa shape index (κ1) is 15.6. The number of halogens is 1. The van der Waals surface area contributed by atoms with E-state index in [-0.39, 0.29) is 17.5 Å². The van der Waals surface area contributed by atoms with Gasteiger partial charge in [-0.1, -0.05) is 11.6 Å². The SMILES string of the molecule is O=C(Nc1cc(Cl)ccc1O)c1ccnc(OC2CCOC2)c1. The molecule has 1 aromatic heterocycles. The van der Waals surface area contributed by atoms with Crippen LogP contribution in [0.15, 0.2) is 36.5 Å². The predicted molar refractivity (Wildman–Crippen MR) is 85.2 cm³/mol. The molecule has 0 saturated carbocycles. The second-order valence-corrected chi connectivity index (χ2v) is 5.54. The van der Waals surface area contributed by atoms with Gasteiger partial charge in [0.25, 0.3) is 5.91 Å². The van der Waals surface area contributed by atoms with Crippen LogP contribution in [0.25, 0.3) is 0 Å². The zero-order chi connectivity index (χ0) is 16.2. The number of nitrogens with one attached hydrogen (secondary N) is 1. The number of benzene rings is 1. The zero-order valence-corrected chi connectivity index (χ0v) is 12.9. The fourth-order valence-electron chi connectivity index (χ4n) is 2.19. The quantitative estimate of drug-likeness (QED) is 0.840. The van der Waals surface area contributed by atoms with Crippen LogP contribution in [-0.2, 0) is 4.74 Å². The third-order valence-electron chi connectivity index (χ3n) is 3.38. The van der Waals surface area contributed by atoms with Gasteiger partial charge in [-0.25, -0.2) is 4.98 Å². The van der Waals surface area contributed by atoms with Crippen LogP contribution in [0, 0.1) is 0 Å². The van der Waals surface area contributed by atoms with Crippen molar-refractivity contribution in [2.45, 2.75) is 12.5 Å². The summed E-state index contributed by atoms with van der Waals surface area (Å²) >= 11 is 5.86. The molecular weight excluding hydrogens is 320 g/mol. The molecule has 2 aromatic rings. The summed E-state index contributed by atoms with van der Waals surface area (Å²) in [6.45, 7) is 1.19. The summed E-state index contributed by atoms with van der Waals surface area (Å²) in [5.41, 5.74) is 0.610. The maximum absolute atomic E-state index is 12.3. The molecular formula is C16H15ClN2O4. The van der Waals surface area contributed by atoms with Gasteiger partial charge < -0.3 is 19.9 Å². The molecule has 0 aliphatic carbocycles. The molecule has 1 aromatic carbocycles. The lowest BCUT2D eigenvalue weighted by molar-refractivity contribution is 0.102. The van der Waals surface area contributed by atoms with Crippen molar-refractivity contribution >= 4 is 23.2 Å². The first-order valence-corrected chi connectivity index (χ1v) is 7.50. The lowest BCUT2D eigenvalue weighted by Gasteiger charge is -2.12. The van der Waals surface area contributed by atoms with Gasteiger partial charge >= 0.3 is 0 Å². The smallest absolute Gasteiger partial charge is 0.256 e. The van der Waals surface area contributed by atoms with E-state index in [2.05, 4.69) is 10.3 Å². The number of amides is 1. The van der Waals surface area contributed by atoms with E-state index in [1.807, 2.05) is 0 Å². The minimum absolute atomic E-state index is 0.0437. The number of rotatable bonds is 4. The lowest BCUT2D eigenvalue weighted by atomic mass is 10.2. The number of hydrogen-bond acceptors (Lipinski definition) is 5. The first-order valence-electron chi connectivity index (χ1n) is 7.12. The van der Waals surface area contributed by atoms with Crippen molar-refractivity contribution in [3.8, 4) is 11.6 Å². The molecule has 1 saturated heterocycles. The monoisotopic (exact) mass is 334 g/mol. The average molecular weight is 335 g/mol. The van der Waals surface area contributed by atoms with E-state index in [9.17, 15) is 9.90 Å². The van der Waals surface area contributed by atoms with Crippen molar-refractivity contribution in [2.24, 2.45) is 0 Å². The third kappa shape index (κ3) is 3.91. The van der Waals surface area contributed by atoms with Crippen molar-refractivity contribution in [1.29, 1.82) is 0 Å². The molecule has 1 fully saturated rings. The molecule has 6 nitrogen and oxygen atoms in total. The Bertz CT molecular complexity index is 717. The Balaban J connectivity index is 1.72. The number of carbonyl (C=O) groups is 1. The average Bonchev–Trinajstić information content (AvgIpc) is 3.04. The van der Waals surface area contributed by atoms with Crippen molar-refractivity contribution in [3.63, 3.8) is 0 Å². The Hall–Kier alpha value is -2.31. The Kier molecular flexibility index (Phi) is 4.64. The van der Waals surface area contributed by atoms with Gasteiger partial charge in [-0.15, -0.1) is 0 Å². The van der Waals surface area contributed by atoms with Crippen LogP contribution >= 0.6 is 11.6 Å². The fourth-order valence-corrected chi connectivity index (χ4v) is 2.37. The molecule has 23 heavy (non-hydrogen) atoms. The number of aromatic hydroxyl groups is 1. The highest BCUT2D eigenvalue weighted by atomic mass is 35.5. The highest BCUT2D eigenvalue weighted by Crippen LogP contribution is 2.27. The molecule has 0 radical (unpaired) electrons. The molecule has 2 heterocycles. The first-order chi connectivity index (χ1) is 11.1. The largest absolute Gasteiger partial charge is 0.506 e. The van der Waals surface area contributed by atoms with Gasteiger partial charge in [-0.2, -0.15) is 0 Å². The number of nitrogens with zero attached hydrogens (tertiary/aromatic N) is 1. The topological polar surface area (TPSA) is 80.7 Å². The zero-order valence-electron chi connectivity index (χ0n) is 12.2. The van der Waals surface area contributed by atoms with Gasteiger partial charge in [0, 0.05) is 29.3 Å². The standard InChI is InChI=1S/C16H15ClN2O4/c17-11-1-2-14(20)13(8-11)19-16(21)10-3-5-18-15(7-10)23-12-4-6-22-9-12/h1-3,5,7-8,12,20H,4,6,9H2,(H,19,21). The number of phenolic OH excluding ortho intramolecular Hbond substituents is 1. The summed E-state index contributed by atoms with van der Waals surface area (Å²) in [5, 5.41) is 12.8. The summed E-state index contributed by atoms with van der Waals surface area (Å²) in [4.78, 5) is 16.4. The van der Waals surface area contributed by atoms with E-state index in [0.717, 1.165) is 6.42 Å². The number of hydrogen-bond donors (Lipinski definition) is 2. The number of pyridine rings is 1. The summed E-state index contributed by atoms with van der Waals surface area (Å²) in [6, 6.07) is 7.54. The molecule has 1 unspecified atom stereocenters. The lowest BCUT2D eigenvalue weighted by Crippen LogP contribution is -2.17. The molecule has 1 aliphatic heterocycles. The van der Waals surface area contributed by atoms with Crippen LogP contribution in [0.2, 0.25) is 5.02 Å². The summed E-state index contributed by atoms with van der Waals surface area (Å²) in [6.07, 6.45) is 2.25. The number of anilines is 1. The van der Waals surface area contributed by atoms with E-state index < -0.39 is 5.91 Å². The maximum Gasteiger partial charge on any atom is 0.256 e. The van der Waals surface area contributed by atoms with Crippen LogP contribution in [0.3, 0.4) is 0 Å². The number of ether oxygens (including phenoxy) is 2. The molecule has 1 atom stereocenters. The number of phenols is 1. The molecule has 1 amide bonds. The molecule has 0 spiro atoms. The molecule has 0 bridgehead atoms. The normalized spacial score (nSPS) is 17.0. The van der Waals surface area contributed by atoms with Crippen LogP contribution in [-0.4, -0.2) is 35.3 Å². The summed E-state index contributed by atoms with van der Waals surface area (Å²) in [7, 11) is 0. The van der Waals surface area contributed by atoms with E-state index in [0.29, 0.717) is 29.7 Å². The maximum atomic E-state index is 12.3. The minimum Gasteiger partial charge on any atom is -0.506 e. The molecule has 7 heteroatoms. The number of carbonyl (C=O) groups excluding carboxylic acids is 1. The van der Waals surface area contributed by atoms with Gasteiger partial charge in [0.1, 0.15) is 11.9 Å². The Morgan fingerprint density at radius 1 is 1.39 bits per heavy atom. The van der Waals surface area contributed by atoms with E-state index >= 15 is 0 Å². The highest BCUT2D eigenvalue weighted by molar-refractivity contribution is 6.31. The van der Waals surface area contributed by atoms with Gasteiger partial charge in [0.2, 0.25) is 5.88 Å². The molecule has 2 N–H and O–H groups in total. The predicted octanol–water partition coefficient (Wildman–Crippen LogP) is 2.86. The Morgan fingerprint density at radius 3 is 3.04 bits per heavy atom. The summed E-state index contributed by atoms with van der Waals surface area (Å²) < 4.78 is 10.9. The second kappa shape index (κ2) is 6.85. The number of aromatic nitrogens is 1. The van der Waals surface area contributed by atoms with Crippen LogP contribution in [0.5, 0.6) is 11.6 Å². The van der Waals surface area contributed by atoms with Gasteiger partial charge in [0.15, 0.2) is 0 Å². The van der Waals surface area contributed by atoms with E-state index in [1.54, 1.807) is 12.1 Å². The van der Waals surface area contributed by atoms with Gasteiger partial charge in [0.05, 0.1) is 18.9 Å². The van der Waals surface area contributed by atoms with Crippen LogP contribution < -0.4 is 10.1 Å². The Morgan fingerprint density at radius 2 is 2.26 bits per heavy atom. The Labute approximate surface area is 138 Å². The molecule has 120 valence electrons. The van der Waals surface area contributed by atoms with Crippen molar-refractivity contribution in [3.05, 3.63) is 47.1 Å². The van der Waals surface area contributed by atoms with Crippen LogP contribution in [0.1, 0.15) is 16.8 Å².